The van der Waals surface area contributed by atoms with E-state index in [0.29, 0.717) is 0 Å². The van der Waals surface area contributed by atoms with Crippen LogP contribution in [0.25, 0.3) is 55.3 Å². The molecule has 0 amide bonds. The molecule has 0 N–H and O–H groups in total. The molecule has 0 unspecified atom stereocenters. The van der Waals surface area contributed by atoms with Gasteiger partial charge in [0, 0.05) is 0 Å². The van der Waals surface area contributed by atoms with E-state index in [9.17, 15) is 0 Å². The highest BCUT2D eigenvalue weighted by Crippen LogP contribution is 2.52. The predicted molar refractivity (Wildman–Crippen MR) is 162 cm³/mol. The standard InChI is InChI=1S/C37H30O/c1-25-24-31-32(26(2)37(25)38-3)34(28-18-10-5-11-19-28)36(30-22-14-7-15-23-30)35(29-20-12-6-13-21-29)33(31)27-16-8-4-9-17-27/h4-24H,1-3H3. The van der Waals surface area contributed by atoms with E-state index >= 15 is 0 Å². The molecule has 6 aromatic carbocycles. The summed E-state index contributed by atoms with van der Waals surface area (Å²) in [6.45, 7) is 4.35. The fraction of sp³-hybridized carbons (Fsp3) is 0.0811. The molecule has 38 heavy (non-hydrogen) atoms. The number of rotatable bonds is 5. The Balaban J connectivity index is 1.96. The van der Waals surface area contributed by atoms with E-state index < -0.39 is 0 Å². The van der Waals surface area contributed by atoms with Gasteiger partial charge in [0.2, 0.25) is 0 Å². The van der Waals surface area contributed by atoms with Gasteiger partial charge in [0.15, 0.2) is 0 Å². The Morgan fingerprint density at radius 3 is 1.24 bits per heavy atom. The topological polar surface area (TPSA) is 9.23 Å². The molecule has 0 bridgehead atoms. The fourth-order valence-electron chi connectivity index (χ4n) is 5.89. The van der Waals surface area contributed by atoms with Crippen LogP contribution in [0.4, 0.5) is 0 Å². The second kappa shape index (κ2) is 10.0. The second-order valence-electron chi connectivity index (χ2n) is 9.74. The SMILES string of the molecule is COc1c(C)cc2c(-c3ccccc3)c(-c3ccccc3)c(-c3ccccc3)c(-c3ccccc3)c2c1C. The van der Waals surface area contributed by atoms with Crippen LogP contribution in [0.15, 0.2) is 127 Å². The summed E-state index contributed by atoms with van der Waals surface area (Å²) >= 11 is 0. The summed E-state index contributed by atoms with van der Waals surface area (Å²) in [5, 5.41) is 2.47. The third-order valence-corrected chi connectivity index (χ3v) is 7.43. The van der Waals surface area contributed by atoms with Crippen molar-refractivity contribution in [1.82, 2.24) is 0 Å². The Kier molecular flexibility index (Phi) is 6.27. The highest BCUT2D eigenvalue weighted by Gasteiger charge is 2.26. The summed E-state index contributed by atoms with van der Waals surface area (Å²) in [6.07, 6.45) is 0. The molecule has 0 saturated heterocycles. The second-order valence-corrected chi connectivity index (χ2v) is 9.74. The number of hydrogen-bond donors (Lipinski definition) is 0. The molecule has 6 rings (SSSR count). The van der Waals surface area contributed by atoms with Gasteiger partial charge in [-0.2, -0.15) is 0 Å². The average Bonchev–Trinajstić information content (AvgIpc) is 2.98. The van der Waals surface area contributed by atoms with Gasteiger partial charge in [0.05, 0.1) is 7.11 Å². The third-order valence-electron chi connectivity index (χ3n) is 7.43. The summed E-state index contributed by atoms with van der Waals surface area (Å²) in [5.41, 5.74) is 12.1. The minimum Gasteiger partial charge on any atom is -0.496 e. The maximum atomic E-state index is 5.98. The number of fused-ring (bicyclic) bond motifs is 1. The van der Waals surface area contributed by atoms with Crippen LogP contribution < -0.4 is 4.74 Å². The molecule has 6 aromatic rings. The first kappa shape index (κ1) is 23.8. The van der Waals surface area contributed by atoms with E-state index in [1.165, 1.54) is 55.3 Å². The maximum absolute atomic E-state index is 5.98. The molecule has 1 nitrogen and oxygen atoms in total. The molecule has 1 heteroatoms. The molecule has 0 aromatic heterocycles. The Labute approximate surface area is 225 Å². The molecule has 0 radical (unpaired) electrons. The zero-order valence-electron chi connectivity index (χ0n) is 22.0. The highest BCUT2D eigenvalue weighted by molar-refractivity contribution is 6.19. The molecule has 0 aliphatic carbocycles. The van der Waals surface area contributed by atoms with Crippen LogP contribution in [0, 0.1) is 13.8 Å². The molecular weight excluding hydrogens is 460 g/mol. The molecule has 0 atom stereocenters. The first-order valence-corrected chi connectivity index (χ1v) is 13.1. The van der Waals surface area contributed by atoms with Gasteiger partial charge in [-0.3, -0.25) is 0 Å². The van der Waals surface area contributed by atoms with Gasteiger partial charge in [-0.05, 0) is 86.3 Å². The van der Waals surface area contributed by atoms with E-state index in [1.807, 2.05) is 0 Å². The van der Waals surface area contributed by atoms with Crippen LogP contribution >= 0.6 is 0 Å². The van der Waals surface area contributed by atoms with Gasteiger partial charge in [0.25, 0.3) is 0 Å². The number of hydrogen-bond acceptors (Lipinski definition) is 1. The van der Waals surface area contributed by atoms with E-state index in [4.69, 9.17) is 4.74 Å². The third kappa shape index (κ3) is 3.97. The van der Waals surface area contributed by atoms with Crippen molar-refractivity contribution in [2.75, 3.05) is 7.11 Å². The normalized spacial score (nSPS) is 11.0. The maximum Gasteiger partial charge on any atom is 0.125 e. The first-order chi connectivity index (χ1) is 18.7. The minimum atomic E-state index is 0.945. The average molecular weight is 491 g/mol. The summed E-state index contributed by atoms with van der Waals surface area (Å²) in [5.74, 6) is 0.945. The van der Waals surface area contributed by atoms with Gasteiger partial charge in [-0.15, -0.1) is 0 Å². The Morgan fingerprint density at radius 2 is 0.816 bits per heavy atom. The van der Waals surface area contributed by atoms with Crippen molar-refractivity contribution >= 4 is 10.8 Å². The zero-order chi connectivity index (χ0) is 26.1. The summed E-state index contributed by atoms with van der Waals surface area (Å²) < 4.78 is 5.98. The van der Waals surface area contributed by atoms with Crippen molar-refractivity contribution < 1.29 is 4.74 Å². The molecule has 0 spiro atoms. The molecular formula is C37H30O. The van der Waals surface area contributed by atoms with Gasteiger partial charge < -0.3 is 4.74 Å². The van der Waals surface area contributed by atoms with Crippen molar-refractivity contribution in [3.05, 3.63) is 139 Å². The smallest absolute Gasteiger partial charge is 0.125 e. The zero-order valence-corrected chi connectivity index (χ0v) is 22.0. The van der Waals surface area contributed by atoms with Crippen molar-refractivity contribution in [3.8, 4) is 50.3 Å². The van der Waals surface area contributed by atoms with E-state index in [1.54, 1.807) is 7.11 Å². The number of benzene rings is 6. The summed E-state index contributed by atoms with van der Waals surface area (Å²) in [6, 6.07) is 45.6. The lowest BCUT2D eigenvalue weighted by molar-refractivity contribution is 0.409. The first-order valence-electron chi connectivity index (χ1n) is 13.1. The van der Waals surface area contributed by atoms with Crippen LogP contribution in [0.5, 0.6) is 5.75 Å². The Morgan fingerprint density at radius 1 is 0.447 bits per heavy atom. The van der Waals surface area contributed by atoms with Crippen molar-refractivity contribution in [2.24, 2.45) is 0 Å². The van der Waals surface area contributed by atoms with Crippen LogP contribution in [0.3, 0.4) is 0 Å². The molecule has 0 heterocycles. The van der Waals surface area contributed by atoms with Crippen LogP contribution in [0.2, 0.25) is 0 Å². The van der Waals surface area contributed by atoms with Crippen LogP contribution in [0.1, 0.15) is 11.1 Å². The van der Waals surface area contributed by atoms with Gasteiger partial charge in [-0.25, -0.2) is 0 Å². The number of ether oxygens (including phenoxy) is 1. The number of methoxy groups -OCH3 is 1. The lowest BCUT2D eigenvalue weighted by Crippen LogP contribution is -2.01. The lowest BCUT2D eigenvalue weighted by atomic mass is 9.77. The molecule has 0 fully saturated rings. The van der Waals surface area contributed by atoms with Crippen molar-refractivity contribution in [2.45, 2.75) is 13.8 Å². The highest BCUT2D eigenvalue weighted by atomic mass is 16.5. The molecule has 0 aliphatic heterocycles. The molecule has 0 aliphatic rings. The Hall–Kier alpha value is -4.62. The minimum absolute atomic E-state index is 0.945. The van der Waals surface area contributed by atoms with Crippen LogP contribution in [-0.2, 0) is 0 Å². The fourth-order valence-corrected chi connectivity index (χ4v) is 5.89. The van der Waals surface area contributed by atoms with Gasteiger partial charge in [0.1, 0.15) is 5.75 Å². The van der Waals surface area contributed by atoms with E-state index in [0.717, 1.165) is 16.9 Å². The summed E-state index contributed by atoms with van der Waals surface area (Å²) in [7, 11) is 1.78. The van der Waals surface area contributed by atoms with E-state index in [2.05, 4.69) is 141 Å². The van der Waals surface area contributed by atoms with E-state index in [-0.39, 0.29) is 0 Å². The van der Waals surface area contributed by atoms with Gasteiger partial charge in [-0.1, -0.05) is 121 Å². The quantitative estimate of drug-likeness (QED) is 0.234. The Bertz CT molecular complexity index is 1720. The predicted octanol–water partition coefficient (Wildman–Crippen LogP) is 10.1. The van der Waals surface area contributed by atoms with Gasteiger partial charge >= 0.3 is 0 Å². The molecule has 0 saturated carbocycles. The molecule has 184 valence electrons. The van der Waals surface area contributed by atoms with Crippen LogP contribution in [-0.4, -0.2) is 7.11 Å². The van der Waals surface area contributed by atoms with Crippen molar-refractivity contribution in [1.29, 1.82) is 0 Å². The summed E-state index contributed by atoms with van der Waals surface area (Å²) in [4.78, 5) is 0. The lowest BCUT2D eigenvalue weighted by Gasteiger charge is -2.26. The number of aryl methyl sites for hydroxylation is 2. The largest absolute Gasteiger partial charge is 0.496 e. The van der Waals surface area contributed by atoms with Crippen molar-refractivity contribution in [3.63, 3.8) is 0 Å². The monoisotopic (exact) mass is 490 g/mol.